The summed E-state index contributed by atoms with van der Waals surface area (Å²) < 4.78 is 5.78. The minimum absolute atomic E-state index is 0.0147. The highest BCUT2D eigenvalue weighted by molar-refractivity contribution is 6.03. The normalized spacial score (nSPS) is 20.9. The highest BCUT2D eigenvalue weighted by Crippen LogP contribution is 2.32. The van der Waals surface area contributed by atoms with E-state index in [0.29, 0.717) is 48.9 Å². The van der Waals surface area contributed by atoms with Gasteiger partial charge < -0.3 is 30.3 Å². The molecule has 3 aliphatic rings. The van der Waals surface area contributed by atoms with Crippen LogP contribution in [0.4, 0.5) is 0 Å². The fourth-order valence-electron chi connectivity index (χ4n) is 5.74. The second-order valence-electron chi connectivity index (χ2n) is 10.6. The molecule has 8 heteroatoms. The number of nitrogens with one attached hydrogen (secondary N) is 2. The zero-order valence-corrected chi connectivity index (χ0v) is 21.8. The molecule has 0 spiro atoms. The van der Waals surface area contributed by atoms with Gasteiger partial charge in [-0.25, -0.2) is 0 Å². The fraction of sp³-hybridized carbons (Fsp3) is 0.517. The van der Waals surface area contributed by atoms with Crippen LogP contribution in [0.15, 0.2) is 36.4 Å². The number of amides is 2. The van der Waals surface area contributed by atoms with Crippen LogP contribution in [0.5, 0.6) is 5.75 Å². The monoisotopic (exact) mass is 506 g/mol. The van der Waals surface area contributed by atoms with E-state index in [2.05, 4.69) is 34.7 Å². The second kappa shape index (κ2) is 11.2. The van der Waals surface area contributed by atoms with Crippen LogP contribution < -0.4 is 15.4 Å². The van der Waals surface area contributed by atoms with Crippen molar-refractivity contribution in [2.75, 3.05) is 39.8 Å². The Morgan fingerprint density at radius 2 is 1.95 bits per heavy atom. The van der Waals surface area contributed by atoms with Crippen LogP contribution in [0, 0.1) is 5.92 Å². The molecule has 8 nitrogen and oxygen atoms in total. The van der Waals surface area contributed by atoms with Gasteiger partial charge in [-0.2, -0.15) is 0 Å². The number of likely N-dealkylation sites (tertiary alicyclic amines) is 1. The van der Waals surface area contributed by atoms with Gasteiger partial charge in [-0.3, -0.25) is 9.59 Å². The number of fused-ring (bicyclic) bond motifs is 2. The average Bonchev–Trinajstić information content (AvgIpc) is 3.21. The predicted molar refractivity (Wildman–Crippen MR) is 142 cm³/mol. The Morgan fingerprint density at radius 3 is 2.70 bits per heavy atom. The van der Waals surface area contributed by atoms with Crippen molar-refractivity contribution in [3.05, 3.63) is 64.2 Å². The molecule has 0 bridgehead atoms. The summed E-state index contributed by atoms with van der Waals surface area (Å²) in [4.78, 5) is 30.6. The molecule has 3 N–H and O–H groups in total. The van der Waals surface area contributed by atoms with E-state index in [1.54, 1.807) is 12.1 Å². The molecule has 0 aromatic heterocycles. The summed E-state index contributed by atoms with van der Waals surface area (Å²) in [6.07, 6.45) is 2.18. The van der Waals surface area contributed by atoms with Crippen LogP contribution in [-0.4, -0.2) is 78.7 Å². The molecule has 1 fully saturated rings. The van der Waals surface area contributed by atoms with Gasteiger partial charge in [-0.15, -0.1) is 0 Å². The highest BCUT2D eigenvalue weighted by atomic mass is 16.5. The van der Waals surface area contributed by atoms with E-state index in [0.717, 1.165) is 38.0 Å². The lowest BCUT2D eigenvalue weighted by Crippen LogP contribution is -2.49. The van der Waals surface area contributed by atoms with Gasteiger partial charge >= 0.3 is 0 Å². The molecule has 0 radical (unpaired) electrons. The Hall–Kier alpha value is -2.94. The van der Waals surface area contributed by atoms with Gasteiger partial charge in [-0.05, 0) is 81.1 Å². The van der Waals surface area contributed by atoms with Gasteiger partial charge in [-0.1, -0.05) is 24.3 Å². The molecule has 2 aromatic carbocycles. The summed E-state index contributed by atoms with van der Waals surface area (Å²) in [6, 6.07) is 11.6. The van der Waals surface area contributed by atoms with Gasteiger partial charge in [0.2, 0.25) is 0 Å². The third kappa shape index (κ3) is 5.66. The number of carbonyl (C=O) groups is 2. The number of hydrogen-bond acceptors (Lipinski definition) is 6. The summed E-state index contributed by atoms with van der Waals surface area (Å²) in [5.74, 6) is 0.626. The fourth-order valence-corrected chi connectivity index (χ4v) is 5.74. The molecular formula is C29H38N4O4. The van der Waals surface area contributed by atoms with Gasteiger partial charge in [0, 0.05) is 37.8 Å². The van der Waals surface area contributed by atoms with Gasteiger partial charge in [0.05, 0.1) is 18.3 Å². The number of rotatable bonds is 8. The second-order valence-corrected chi connectivity index (χ2v) is 10.6. The minimum Gasteiger partial charge on any atom is -0.493 e. The molecular weight excluding hydrogens is 468 g/mol. The lowest BCUT2D eigenvalue weighted by Gasteiger charge is -2.31. The van der Waals surface area contributed by atoms with Crippen LogP contribution in [0.1, 0.15) is 57.2 Å². The van der Waals surface area contributed by atoms with Crippen molar-refractivity contribution in [2.45, 2.75) is 51.4 Å². The quantitative estimate of drug-likeness (QED) is 0.508. The van der Waals surface area contributed by atoms with Crippen molar-refractivity contribution in [3.8, 4) is 5.75 Å². The number of aliphatic hydroxyl groups excluding tert-OH is 1. The van der Waals surface area contributed by atoms with Crippen molar-refractivity contribution in [1.82, 2.24) is 20.4 Å². The van der Waals surface area contributed by atoms with Crippen molar-refractivity contribution in [1.29, 1.82) is 0 Å². The smallest absolute Gasteiger partial charge is 0.255 e. The maximum absolute atomic E-state index is 13.2. The first kappa shape index (κ1) is 25.7. The lowest BCUT2D eigenvalue weighted by atomic mass is 9.93. The molecule has 0 aliphatic carbocycles. The van der Waals surface area contributed by atoms with E-state index in [1.165, 1.54) is 11.1 Å². The van der Waals surface area contributed by atoms with Gasteiger partial charge in [0.1, 0.15) is 5.75 Å². The van der Waals surface area contributed by atoms with Crippen molar-refractivity contribution in [2.24, 2.45) is 5.92 Å². The van der Waals surface area contributed by atoms with E-state index < -0.39 is 6.10 Å². The Bertz CT molecular complexity index is 1140. The van der Waals surface area contributed by atoms with E-state index in [9.17, 15) is 14.7 Å². The van der Waals surface area contributed by atoms with Crippen LogP contribution in [0.2, 0.25) is 0 Å². The molecule has 2 amide bonds. The summed E-state index contributed by atoms with van der Waals surface area (Å²) in [5, 5.41) is 17.1. The van der Waals surface area contributed by atoms with Crippen molar-refractivity contribution < 1.29 is 19.4 Å². The summed E-state index contributed by atoms with van der Waals surface area (Å²) >= 11 is 0. The average molecular weight is 507 g/mol. The van der Waals surface area contributed by atoms with E-state index >= 15 is 0 Å². The molecule has 3 heterocycles. The number of benzene rings is 2. The topological polar surface area (TPSA) is 94.1 Å². The van der Waals surface area contributed by atoms with Crippen LogP contribution in [0.3, 0.4) is 0 Å². The Morgan fingerprint density at radius 1 is 1.19 bits per heavy atom. The maximum atomic E-state index is 13.2. The zero-order valence-electron chi connectivity index (χ0n) is 21.8. The SMILES string of the molecule is CCOc1cc2c(cc1C(=O)NCC(O)C1Cc3ccccc3CN1)CN(CC1CCN(C)CC1)C2=O. The molecule has 198 valence electrons. The summed E-state index contributed by atoms with van der Waals surface area (Å²) in [5.41, 5.74) is 4.36. The molecule has 2 atom stereocenters. The maximum Gasteiger partial charge on any atom is 0.255 e. The first-order valence-corrected chi connectivity index (χ1v) is 13.5. The van der Waals surface area contributed by atoms with Crippen molar-refractivity contribution >= 4 is 11.8 Å². The van der Waals surface area contributed by atoms with Crippen LogP contribution in [0.25, 0.3) is 0 Å². The van der Waals surface area contributed by atoms with E-state index in [-0.39, 0.29) is 24.4 Å². The molecule has 0 saturated carbocycles. The molecule has 2 aromatic rings. The first-order valence-electron chi connectivity index (χ1n) is 13.5. The third-order valence-electron chi connectivity index (χ3n) is 7.99. The van der Waals surface area contributed by atoms with E-state index in [1.807, 2.05) is 24.0 Å². The minimum atomic E-state index is -0.728. The van der Waals surface area contributed by atoms with Crippen LogP contribution in [-0.2, 0) is 19.5 Å². The lowest BCUT2D eigenvalue weighted by molar-refractivity contribution is 0.0722. The van der Waals surface area contributed by atoms with Crippen molar-refractivity contribution in [3.63, 3.8) is 0 Å². The third-order valence-corrected chi connectivity index (χ3v) is 7.99. The number of nitrogens with zero attached hydrogens (tertiary/aromatic N) is 2. The van der Waals surface area contributed by atoms with Gasteiger partial charge in [0.25, 0.3) is 11.8 Å². The Balaban J connectivity index is 1.24. The number of aliphatic hydroxyl groups is 1. The highest BCUT2D eigenvalue weighted by Gasteiger charge is 2.33. The summed E-state index contributed by atoms with van der Waals surface area (Å²) in [7, 11) is 2.14. The predicted octanol–water partition coefficient (Wildman–Crippen LogP) is 2.19. The standard InChI is InChI=1S/C29H38N4O4/c1-3-37-27-14-23-22(18-33(29(23)36)17-19-8-10-32(2)11-9-19)12-24(27)28(35)31-16-26(34)25-13-20-6-4-5-7-21(20)15-30-25/h4-7,12,14,19,25-26,30,34H,3,8-11,13,15-18H2,1-2H3,(H,31,35). The largest absolute Gasteiger partial charge is 0.493 e. The number of ether oxygens (including phenoxy) is 1. The first-order chi connectivity index (χ1) is 17.9. The zero-order chi connectivity index (χ0) is 25.9. The number of hydrogen-bond donors (Lipinski definition) is 3. The molecule has 1 saturated heterocycles. The Kier molecular flexibility index (Phi) is 7.79. The molecule has 2 unspecified atom stereocenters. The summed E-state index contributed by atoms with van der Waals surface area (Å²) in [6.45, 7) is 6.47. The van der Waals surface area contributed by atoms with Crippen LogP contribution >= 0.6 is 0 Å². The molecule has 3 aliphatic heterocycles. The number of piperidine rings is 1. The Labute approximate surface area is 219 Å². The van der Waals surface area contributed by atoms with Gasteiger partial charge in [0.15, 0.2) is 0 Å². The van der Waals surface area contributed by atoms with E-state index in [4.69, 9.17) is 4.74 Å². The number of carbonyl (C=O) groups excluding carboxylic acids is 2. The molecule has 37 heavy (non-hydrogen) atoms. The molecule has 5 rings (SSSR count).